The minimum atomic E-state index is -4.07. The van der Waals surface area contributed by atoms with Crippen molar-refractivity contribution in [1.82, 2.24) is 10.2 Å². The Labute approximate surface area is 244 Å². The number of nitrogens with one attached hydrogen (secondary N) is 1. The molecule has 0 heterocycles. The Bertz CT molecular complexity index is 1450. The van der Waals surface area contributed by atoms with Gasteiger partial charge in [0.15, 0.2) is 0 Å². The first-order valence-electron chi connectivity index (χ1n) is 14.4. The Kier molecular flexibility index (Phi) is 9.86. The third-order valence-electron chi connectivity index (χ3n) is 7.98. The smallest absolute Gasteiger partial charge is 0.264 e. The molecular weight excluding hydrogens is 534 g/mol. The Morgan fingerprint density at radius 2 is 1.54 bits per heavy atom. The molecule has 1 fully saturated rings. The molecule has 1 atom stereocenters. The van der Waals surface area contributed by atoms with E-state index in [1.54, 1.807) is 37.3 Å². The first kappa shape index (κ1) is 30.3. The van der Waals surface area contributed by atoms with Gasteiger partial charge in [-0.05, 0) is 81.5 Å². The summed E-state index contributed by atoms with van der Waals surface area (Å²) in [5.41, 5.74) is 4.29. The Morgan fingerprint density at radius 3 is 2.17 bits per heavy atom. The maximum absolute atomic E-state index is 14.1. The van der Waals surface area contributed by atoms with Crippen LogP contribution in [0.25, 0.3) is 0 Å². The third-order valence-corrected chi connectivity index (χ3v) is 9.77. The summed E-state index contributed by atoms with van der Waals surface area (Å²) in [6.45, 7) is 7.32. The quantitative estimate of drug-likeness (QED) is 0.337. The first-order valence-corrected chi connectivity index (χ1v) is 15.8. The lowest BCUT2D eigenvalue weighted by atomic mass is 9.95. The SMILES string of the molecule is Cc1ccc(CN(C(=O)CN(c2ccc(C)c(C)c2)S(=O)(=O)c2ccccc2)[C@H](C)C(=O)NC2CCCCC2)cc1. The standard InChI is InChI=1S/C33H41N3O4S/c1-24-15-18-28(19-16-24)22-35(27(4)33(38)34-29-11-7-5-8-12-29)32(37)23-36(30-20-17-25(2)26(3)21-30)41(39,40)31-13-9-6-10-14-31/h6,9-10,13-21,27,29H,5,7-8,11-12,22-23H2,1-4H3,(H,34,38)/t27-/m1/s1. The molecule has 1 aliphatic carbocycles. The van der Waals surface area contributed by atoms with Crippen molar-refractivity contribution >= 4 is 27.5 Å². The molecule has 0 spiro atoms. The molecule has 3 aromatic carbocycles. The van der Waals surface area contributed by atoms with E-state index < -0.39 is 28.5 Å². The number of carbonyl (C=O) groups is 2. The Balaban J connectivity index is 1.68. The molecule has 2 amide bonds. The van der Waals surface area contributed by atoms with Crippen LogP contribution in [0.15, 0.2) is 77.7 Å². The maximum Gasteiger partial charge on any atom is 0.264 e. The zero-order chi connectivity index (χ0) is 29.6. The molecular formula is C33H41N3O4S. The zero-order valence-corrected chi connectivity index (χ0v) is 25.3. The second-order valence-corrected chi connectivity index (χ2v) is 13.0. The van der Waals surface area contributed by atoms with Crippen LogP contribution < -0.4 is 9.62 Å². The fraction of sp³-hybridized carbons (Fsp3) is 0.394. The van der Waals surface area contributed by atoms with Gasteiger partial charge in [0.05, 0.1) is 10.6 Å². The van der Waals surface area contributed by atoms with E-state index in [1.807, 2.05) is 51.1 Å². The molecule has 41 heavy (non-hydrogen) atoms. The Hall–Kier alpha value is -3.65. The zero-order valence-electron chi connectivity index (χ0n) is 24.5. The predicted molar refractivity (Wildman–Crippen MR) is 163 cm³/mol. The molecule has 1 saturated carbocycles. The van der Waals surface area contributed by atoms with Gasteiger partial charge in [0.1, 0.15) is 12.6 Å². The van der Waals surface area contributed by atoms with Crippen LogP contribution in [-0.4, -0.2) is 43.8 Å². The lowest BCUT2D eigenvalue weighted by Crippen LogP contribution is -2.53. The topological polar surface area (TPSA) is 86.8 Å². The number of anilines is 1. The predicted octanol–water partition coefficient (Wildman–Crippen LogP) is 5.67. The van der Waals surface area contributed by atoms with Gasteiger partial charge in [-0.3, -0.25) is 13.9 Å². The number of benzene rings is 3. The number of hydrogen-bond donors (Lipinski definition) is 1. The molecule has 0 saturated heterocycles. The molecule has 218 valence electrons. The van der Waals surface area contributed by atoms with Gasteiger partial charge in [0.2, 0.25) is 11.8 Å². The number of aryl methyl sites for hydroxylation is 3. The molecule has 0 aromatic heterocycles. The summed E-state index contributed by atoms with van der Waals surface area (Å²) in [4.78, 5) is 29.1. The molecule has 3 aromatic rings. The van der Waals surface area contributed by atoms with Crippen molar-refractivity contribution in [3.63, 3.8) is 0 Å². The van der Waals surface area contributed by atoms with E-state index in [1.165, 1.54) is 23.5 Å². The molecule has 4 rings (SSSR count). The van der Waals surface area contributed by atoms with Crippen LogP contribution in [0, 0.1) is 20.8 Å². The van der Waals surface area contributed by atoms with Crippen LogP contribution in [0.5, 0.6) is 0 Å². The molecule has 0 aliphatic heterocycles. The molecule has 7 nitrogen and oxygen atoms in total. The summed E-state index contributed by atoms with van der Waals surface area (Å²) in [7, 11) is -4.07. The highest BCUT2D eigenvalue weighted by molar-refractivity contribution is 7.92. The van der Waals surface area contributed by atoms with Crippen molar-refractivity contribution < 1.29 is 18.0 Å². The summed E-state index contributed by atoms with van der Waals surface area (Å²) in [6, 6.07) is 20.6. The summed E-state index contributed by atoms with van der Waals surface area (Å²) in [5, 5.41) is 3.14. The average Bonchev–Trinajstić information content (AvgIpc) is 2.97. The second-order valence-electron chi connectivity index (χ2n) is 11.1. The van der Waals surface area contributed by atoms with Crippen LogP contribution in [-0.2, 0) is 26.2 Å². The first-order chi connectivity index (χ1) is 19.6. The maximum atomic E-state index is 14.1. The van der Waals surface area contributed by atoms with E-state index in [-0.39, 0.29) is 23.4 Å². The molecule has 8 heteroatoms. The second kappa shape index (κ2) is 13.3. The van der Waals surface area contributed by atoms with E-state index in [9.17, 15) is 18.0 Å². The highest BCUT2D eigenvalue weighted by atomic mass is 32.2. The number of hydrogen-bond acceptors (Lipinski definition) is 4. The minimum absolute atomic E-state index is 0.0965. The van der Waals surface area contributed by atoms with Crippen LogP contribution in [0.1, 0.15) is 61.3 Å². The van der Waals surface area contributed by atoms with E-state index in [4.69, 9.17) is 0 Å². The van der Waals surface area contributed by atoms with E-state index in [2.05, 4.69) is 5.32 Å². The molecule has 0 bridgehead atoms. The summed E-state index contributed by atoms with van der Waals surface area (Å²) in [5.74, 6) is -0.671. The van der Waals surface area contributed by atoms with Crippen LogP contribution >= 0.6 is 0 Å². The molecule has 1 N–H and O–H groups in total. The van der Waals surface area contributed by atoms with Crippen molar-refractivity contribution in [3.8, 4) is 0 Å². The van der Waals surface area contributed by atoms with Gasteiger partial charge < -0.3 is 10.2 Å². The molecule has 0 unspecified atom stereocenters. The van der Waals surface area contributed by atoms with Crippen molar-refractivity contribution in [3.05, 3.63) is 95.1 Å². The number of carbonyl (C=O) groups excluding carboxylic acids is 2. The van der Waals surface area contributed by atoms with E-state index in [0.717, 1.165) is 52.2 Å². The average molecular weight is 576 g/mol. The van der Waals surface area contributed by atoms with Gasteiger partial charge in [-0.15, -0.1) is 0 Å². The summed E-state index contributed by atoms with van der Waals surface area (Å²) < 4.78 is 29.0. The van der Waals surface area contributed by atoms with Crippen molar-refractivity contribution in [2.45, 2.75) is 83.3 Å². The lowest BCUT2D eigenvalue weighted by Gasteiger charge is -2.33. The number of rotatable bonds is 10. The van der Waals surface area contributed by atoms with Crippen molar-refractivity contribution in [2.75, 3.05) is 10.8 Å². The largest absolute Gasteiger partial charge is 0.352 e. The Morgan fingerprint density at radius 1 is 0.878 bits per heavy atom. The van der Waals surface area contributed by atoms with Gasteiger partial charge in [0, 0.05) is 12.6 Å². The molecule has 1 aliphatic rings. The highest BCUT2D eigenvalue weighted by Gasteiger charge is 2.33. The van der Waals surface area contributed by atoms with Gasteiger partial charge in [-0.2, -0.15) is 0 Å². The van der Waals surface area contributed by atoms with Crippen molar-refractivity contribution in [2.24, 2.45) is 0 Å². The summed E-state index contributed by atoms with van der Waals surface area (Å²) >= 11 is 0. The van der Waals surface area contributed by atoms with Crippen LogP contribution in [0.3, 0.4) is 0 Å². The van der Waals surface area contributed by atoms with Crippen molar-refractivity contribution in [1.29, 1.82) is 0 Å². The normalized spacial score (nSPS) is 14.7. The highest BCUT2D eigenvalue weighted by Crippen LogP contribution is 2.27. The fourth-order valence-electron chi connectivity index (χ4n) is 5.17. The molecule has 0 radical (unpaired) electrons. The summed E-state index contributed by atoms with van der Waals surface area (Å²) in [6.07, 6.45) is 5.19. The monoisotopic (exact) mass is 575 g/mol. The van der Waals surface area contributed by atoms with E-state index in [0.29, 0.717) is 5.69 Å². The number of sulfonamides is 1. The van der Waals surface area contributed by atoms with Gasteiger partial charge in [0.25, 0.3) is 10.0 Å². The number of amides is 2. The van der Waals surface area contributed by atoms with Crippen LogP contribution in [0.4, 0.5) is 5.69 Å². The van der Waals surface area contributed by atoms with Crippen LogP contribution in [0.2, 0.25) is 0 Å². The lowest BCUT2D eigenvalue weighted by molar-refractivity contribution is -0.139. The minimum Gasteiger partial charge on any atom is -0.352 e. The fourth-order valence-corrected chi connectivity index (χ4v) is 6.60. The van der Waals surface area contributed by atoms with Gasteiger partial charge in [-0.25, -0.2) is 8.42 Å². The third kappa shape index (κ3) is 7.55. The van der Waals surface area contributed by atoms with E-state index >= 15 is 0 Å². The van der Waals surface area contributed by atoms with Gasteiger partial charge >= 0.3 is 0 Å². The number of nitrogens with zero attached hydrogens (tertiary/aromatic N) is 2. The van der Waals surface area contributed by atoms with Gasteiger partial charge in [-0.1, -0.05) is 73.4 Å².